The van der Waals surface area contributed by atoms with E-state index in [2.05, 4.69) is 323 Å². The molecule has 19 rings (SSSR count). The lowest BCUT2D eigenvalue weighted by molar-refractivity contribution is -0.570. The number of hydrogen-bond donors (Lipinski definition) is 0. The second kappa shape index (κ2) is 17.5. The van der Waals surface area contributed by atoms with Crippen molar-refractivity contribution >= 4 is 32.8 Å². The van der Waals surface area contributed by atoms with Gasteiger partial charge in [-0.25, -0.2) is 4.98 Å². The Kier molecular flexibility index (Phi) is 10.0. The van der Waals surface area contributed by atoms with Gasteiger partial charge in [0.1, 0.15) is 17.3 Å². The van der Waals surface area contributed by atoms with Crippen LogP contribution in [0.1, 0.15) is 98.5 Å². The van der Waals surface area contributed by atoms with Crippen molar-refractivity contribution in [2.45, 2.75) is 75.5 Å². The summed E-state index contributed by atoms with van der Waals surface area (Å²) in [5.41, 5.74) is 26.7. The molecule has 0 N–H and O–H groups in total. The minimum atomic E-state index is -0.408. The fourth-order valence-electron chi connectivity index (χ4n) is 19.8. The van der Waals surface area contributed by atoms with Crippen molar-refractivity contribution in [3.8, 4) is 73.2 Å². The smallest absolute Gasteiger partial charge is 0.269 e. The number of rotatable bonds is 5. The van der Waals surface area contributed by atoms with Crippen molar-refractivity contribution in [3.05, 3.63) is 317 Å². The Morgan fingerprint density at radius 3 is 1.53 bits per heavy atom. The van der Waals surface area contributed by atoms with Crippen LogP contribution in [0.2, 0.25) is 0 Å². The maximum atomic E-state index is 7.00. The topological polar surface area (TPSA) is 35.9 Å². The van der Waals surface area contributed by atoms with Gasteiger partial charge in [0.25, 0.3) is 6.33 Å². The quantitative estimate of drug-likeness (QED) is 0.127. The lowest BCUT2D eigenvalue weighted by Gasteiger charge is -2.57. The first-order valence-corrected chi connectivity index (χ1v) is 31.9. The molecule has 5 unspecified atom stereocenters. The average Bonchev–Trinajstić information content (AvgIpc) is 1.41. The zero-order chi connectivity index (χ0) is 60.4. The predicted molar refractivity (Wildman–Crippen MR) is 364 cm³/mol. The van der Waals surface area contributed by atoms with E-state index in [0.29, 0.717) is 0 Å². The Hall–Kier alpha value is -10.4. The number of imidazole rings is 1. The average molecular weight is 1160 g/mol. The molecule has 5 heteroatoms. The van der Waals surface area contributed by atoms with Gasteiger partial charge in [0, 0.05) is 50.1 Å². The first-order valence-electron chi connectivity index (χ1n) is 31.9. The molecule has 0 radical (unpaired) electrons. The summed E-state index contributed by atoms with van der Waals surface area (Å²) in [4.78, 5) is 4.96. The molecule has 5 aliphatic rings. The van der Waals surface area contributed by atoms with Crippen LogP contribution in [-0.2, 0) is 27.1 Å². The number of nitrogens with zero attached hydrogens (tertiary/aromatic N) is 4. The minimum absolute atomic E-state index is 0.0391. The molecule has 5 atom stereocenters. The molecule has 14 aromatic rings. The second-order valence-corrected chi connectivity index (χ2v) is 27.7. The van der Waals surface area contributed by atoms with Crippen LogP contribution in [0.15, 0.2) is 261 Å². The number of para-hydroxylation sites is 3. The van der Waals surface area contributed by atoms with Gasteiger partial charge in [0.2, 0.25) is 0 Å². The van der Waals surface area contributed by atoms with Crippen molar-refractivity contribution in [3.63, 3.8) is 0 Å². The fourth-order valence-corrected chi connectivity index (χ4v) is 19.8. The van der Waals surface area contributed by atoms with E-state index in [9.17, 15) is 0 Å². The lowest BCUT2D eigenvalue weighted by Crippen LogP contribution is -2.60. The van der Waals surface area contributed by atoms with E-state index in [1.165, 1.54) is 83.3 Å². The van der Waals surface area contributed by atoms with Crippen molar-refractivity contribution in [2.24, 2.45) is 5.41 Å². The molecule has 3 aromatic heterocycles. The first kappa shape index (κ1) is 51.7. The van der Waals surface area contributed by atoms with Gasteiger partial charge < -0.3 is 4.74 Å². The molecule has 1 spiro atoms. The molecule has 4 heterocycles. The Bertz CT molecular complexity index is 5460. The van der Waals surface area contributed by atoms with E-state index in [-0.39, 0.29) is 27.1 Å². The minimum Gasteiger partial charge on any atom is -0.458 e. The van der Waals surface area contributed by atoms with Crippen LogP contribution in [0.4, 0.5) is 0 Å². The SMILES string of the molecule is CC(C)(C)c1ccnc(-n2c3ccccc3c3ccc(Oc4cccc(-n5[c-][n+]6c7c(cccc75)-c5ccccc5-c5ccccc5-c5cccc(-c7ccc8c(c7)C7(C)c9ccccc9C9(C)c%10ccccc%10C%10(C)c%11ccccc%11C8(C)C%1097)c5-6)c4)cc32)c1. The number of ether oxygens (including phenoxy) is 1. The van der Waals surface area contributed by atoms with Crippen molar-refractivity contribution in [1.29, 1.82) is 0 Å². The van der Waals surface area contributed by atoms with Gasteiger partial charge in [-0.3, -0.25) is 13.7 Å². The molecule has 0 fully saturated rings. The van der Waals surface area contributed by atoms with Crippen molar-refractivity contribution in [1.82, 2.24) is 14.1 Å². The molecule has 4 aliphatic carbocycles. The van der Waals surface area contributed by atoms with Gasteiger partial charge in [-0.05, 0) is 149 Å². The van der Waals surface area contributed by atoms with Crippen LogP contribution in [0.25, 0.3) is 94.5 Å². The van der Waals surface area contributed by atoms with E-state index >= 15 is 0 Å². The molecule has 0 saturated heterocycles. The van der Waals surface area contributed by atoms with Crippen LogP contribution in [0.5, 0.6) is 11.5 Å². The van der Waals surface area contributed by atoms with Crippen LogP contribution >= 0.6 is 0 Å². The zero-order valence-electron chi connectivity index (χ0n) is 51.5. The number of aromatic nitrogens is 4. The summed E-state index contributed by atoms with van der Waals surface area (Å²) in [5.74, 6) is 2.34. The molecule has 0 saturated carbocycles. The summed E-state index contributed by atoms with van der Waals surface area (Å²) in [6.07, 6.45) is 6.04. The van der Waals surface area contributed by atoms with Crippen LogP contribution in [0, 0.1) is 11.7 Å². The van der Waals surface area contributed by atoms with Crippen LogP contribution in [0.3, 0.4) is 0 Å². The monoisotopic (exact) mass is 1160 g/mol. The summed E-state index contributed by atoms with van der Waals surface area (Å²) in [5, 5.41) is 2.32. The molecule has 0 amide bonds. The third-order valence-electron chi connectivity index (χ3n) is 22.9. The number of hydrogen-bond acceptors (Lipinski definition) is 2. The lowest BCUT2D eigenvalue weighted by atomic mass is 9.43. The third kappa shape index (κ3) is 6.00. The third-order valence-corrected chi connectivity index (χ3v) is 22.9. The van der Waals surface area contributed by atoms with Crippen molar-refractivity contribution in [2.75, 3.05) is 0 Å². The summed E-state index contributed by atoms with van der Waals surface area (Å²) >= 11 is 0. The molecule has 5 nitrogen and oxygen atoms in total. The van der Waals surface area contributed by atoms with E-state index in [4.69, 9.17) is 9.72 Å². The highest BCUT2D eigenvalue weighted by atomic mass is 16.5. The van der Waals surface area contributed by atoms with Crippen LogP contribution < -0.4 is 9.30 Å². The molecule has 0 bridgehead atoms. The summed E-state index contributed by atoms with van der Waals surface area (Å²) in [6.45, 7) is 17.2. The van der Waals surface area contributed by atoms with Crippen molar-refractivity contribution < 1.29 is 9.30 Å². The Morgan fingerprint density at radius 1 is 0.400 bits per heavy atom. The Morgan fingerprint density at radius 2 is 0.889 bits per heavy atom. The highest BCUT2D eigenvalue weighted by Crippen LogP contribution is 2.90. The predicted octanol–water partition coefficient (Wildman–Crippen LogP) is 19.8. The highest BCUT2D eigenvalue weighted by molar-refractivity contribution is 6.09. The maximum absolute atomic E-state index is 7.00. The van der Waals surface area contributed by atoms with Gasteiger partial charge in [-0.15, -0.1) is 0 Å². The van der Waals surface area contributed by atoms with Gasteiger partial charge in [-0.2, -0.15) is 0 Å². The largest absolute Gasteiger partial charge is 0.458 e. The summed E-state index contributed by atoms with van der Waals surface area (Å²) < 4.78 is 13.9. The summed E-state index contributed by atoms with van der Waals surface area (Å²) in [6, 6.07) is 95.7. The normalized spacial score (nSPS) is 21.7. The molecule has 11 aromatic carbocycles. The van der Waals surface area contributed by atoms with E-state index in [1.807, 2.05) is 6.20 Å². The molecular weight excluding hydrogens is 1090 g/mol. The van der Waals surface area contributed by atoms with Gasteiger partial charge in [0.15, 0.2) is 0 Å². The maximum Gasteiger partial charge on any atom is 0.269 e. The number of benzene rings is 11. The van der Waals surface area contributed by atoms with E-state index < -0.39 is 5.41 Å². The van der Waals surface area contributed by atoms with E-state index in [0.717, 1.165) is 72.8 Å². The molecule has 430 valence electrons. The number of fused-ring (bicyclic) bond motifs is 22. The summed E-state index contributed by atoms with van der Waals surface area (Å²) in [7, 11) is 0. The van der Waals surface area contributed by atoms with Gasteiger partial charge >= 0.3 is 0 Å². The van der Waals surface area contributed by atoms with Crippen LogP contribution in [-0.4, -0.2) is 14.1 Å². The highest BCUT2D eigenvalue weighted by Gasteiger charge is 2.89. The molecule has 1 aliphatic heterocycles. The standard InChI is InChI=1S/C85H64N4O/c1-80(2,3)53-45-46-86-77(48-53)89-74-39-19-12-29-62(74)63-43-42-56(50-76(63)89)90-55-24-20-23-54(49-55)87-51-88-78-57(30-21-31-64(78)60-27-10-8-25-58(60)59-26-9-11-28-61(59)65-32-22-40-75(87)79(65)88)52-41-44-72-73(47-52)84(7)71-38-18-17-37-70(71)82(5)67-34-14-13-33-66(67)81(4)68-35-15-16-36-69(68)83(72,6)85(81,82)84/h8-50H,1-7H3. The Labute approximate surface area is 524 Å². The van der Waals surface area contributed by atoms with E-state index in [1.54, 1.807) is 0 Å². The molecular formula is C85H64N4O. The van der Waals surface area contributed by atoms with Gasteiger partial charge in [0.05, 0.1) is 33.4 Å². The zero-order valence-corrected chi connectivity index (χ0v) is 51.5. The fraction of sp³-hybridized carbons (Fsp3) is 0.153. The first-order chi connectivity index (χ1) is 43.8. The molecule has 90 heavy (non-hydrogen) atoms. The second-order valence-electron chi connectivity index (χ2n) is 27.7. The Balaban J connectivity index is 0.820. The number of pyridine rings is 1. The van der Waals surface area contributed by atoms with Gasteiger partial charge in [-0.1, -0.05) is 249 Å².